The smallest absolute Gasteiger partial charge is 0.265 e. The highest BCUT2D eigenvalue weighted by atomic mass is 32.2. The van der Waals surface area contributed by atoms with Gasteiger partial charge in [0.25, 0.3) is 10.0 Å². The van der Waals surface area contributed by atoms with Gasteiger partial charge in [-0.25, -0.2) is 12.8 Å². The van der Waals surface area contributed by atoms with Crippen molar-refractivity contribution in [2.75, 3.05) is 42.1 Å². The van der Waals surface area contributed by atoms with E-state index in [0.29, 0.717) is 24.3 Å². The first-order chi connectivity index (χ1) is 16.4. The van der Waals surface area contributed by atoms with E-state index in [0.717, 1.165) is 28.6 Å². The zero-order chi connectivity index (χ0) is 23.7. The molecule has 0 spiro atoms. The second kappa shape index (κ2) is 9.08. The predicted octanol–water partition coefficient (Wildman–Crippen LogP) is 3.15. The largest absolute Gasteiger partial charge is 0.378 e. The SMILES string of the molecule is O=C(CN1c2ccc(F)cc2-c2ccccc2S1(=O)=O)NCc1ccc(N2CCOCC2)cc1. The summed E-state index contributed by atoms with van der Waals surface area (Å²) in [5, 5.41) is 2.80. The molecule has 1 fully saturated rings. The molecule has 2 aliphatic rings. The molecule has 2 aliphatic heterocycles. The molecule has 7 nitrogen and oxygen atoms in total. The molecule has 3 aromatic carbocycles. The molecule has 0 aromatic heterocycles. The van der Waals surface area contributed by atoms with Gasteiger partial charge in [0.2, 0.25) is 5.91 Å². The molecule has 0 atom stereocenters. The normalized spacial score (nSPS) is 16.5. The summed E-state index contributed by atoms with van der Waals surface area (Å²) in [5.41, 5.74) is 3.15. The van der Waals surface area contributed by atoms with Crippen LogP contribution < -0.4 is 14.5 Å². The van der Waals surface area contributed by atoms with Gasteiger partial charge in [0.05, 0.1) is 23.8 Å². The van der Waals surface area contributed by atoms with Gasteiger partial charge in [0.15, 0.2) is 0 Å². The molecule has 1 saturated heterocycles. The summed E-state index contributed by atoms with van der Waals surface area (Å²) in [6.45, 7) is 2.96. The van der Waals surface area contributed by atoms with Crippen LogP contribution >= 0.6 is 0 Å². The number of halogens is 1. The van der Waals surface area contributed by atoms with Crippen molar-refractivity contribution in [2.24, 2.45) is 0 Å². The van der Waals surface area contributed by atoms with E-state index in [4.69, 9.17) is 4.74 Å². The maximum atomic E-state index is 14.0. The molecule has 0 bridgehead atoms. The predicted molar refractivity (Wildman–Crippen MR) is 128 cm³/mol. The van der Waals surface area contributed by atoms with E-state index in [1.165, 1.54) is 24.3 Å². The van der Waals surface area contributed by atoms with Crippen molar-refractivity contribution in [3.8, 4) is 11.1 Å². The number of morpholine rings is 1. The van der Waals surface area contributed by atoms with E-state index >= 15 is 0 Å². The number of nitrogens with zero attached hydrogens (tertiary/aromatic N) is 2. The first-order valence-electron chi connectivity index (χ1n) is 11.0. The van der Waals surface area contributed by atoms with Crippen molar-refractivity contribution < 1.29 is 22.3 Å². The highest BCUT2D eigenvalue weighted by molar-refractivity contribution is 7.93. The first kappa shape index (κ1) is 22.4. The van der Waals surface area contributed by atoms with Crippen molar-refractivity contribution in [1.82, 2.24) is 5.32 Å². The molecule has 176 valence electrons. The van der Waals surface area contributed by atoms with E-state index in [-0.39, 0.29) is 17.1 Å². The van der Waals surface area contributed by atoms with Crippen LogP contribution in [-0.4, -0.2) is 47.2 Å². The number of amides is 1. The van der Waals surface area contributed by atoms with E-state index in [2.05, 4.69) is 10.2 Å². The molecule has 0 saturated carbocycles. The third-order valence-electron chi connectivity index (χ3n) is 6.06. The Morgan fingerprint density at radius 2 is 1.71 bits per heavy atom. The van der Waals surface area contributed by atoms with Crippen LogP contribution in [0.5, 0.6) is 0 Å². The van der Waals surface area contributed by atoms with Crippen molar-refractivity contribution in [1.29, 1.82) is 0 Å². The lowest BCUT2D eigenvalue weighted by Crippen LogP contribution is -2.42. The maximum absolute atomic E-state index is 14.0. The van der Waals surface area contributed by atoms with Crippen LogP contribution in [0.2, 0.25) is 0 Å². The number of anilines is 2. The number of fused-ring (bicyclic) bond motifs is 3. The Morgan fingerprint density at radius 1 is 0.971 bits per heavy atom. The molecule has 2 heterocycles. The lowest BCUT2D eigenvalue weighted by Gasteiger charge is -2.31. The van der Waals surface area contributed by atoms with Gasteiger partial charge >= 0.3 is 0 Å². The average molecular weight is 482 g/mol. The zero-order valence-electron chi connectivity index (χ0n) is 18.4. The van der Waals surface area contributed by atoms with E-state index in [1.54, 1.807) is 18.2 Å². The summed E-state index contributed by atoms with van der Waals surface area (Å²) in [6, 6.07) is 18.2. The summed E-state index contributed by atoms with van der Waals surface area (Å²) in [5.74, 6) is -0.923. The summed E-state index contributed by atoms with van der Waals surface area (Å²) in [6.07, 6.45) is 0. The minimum atomic E-state index is -3.97. The Bertz CT molecular complexity index is 1320. The molecule has 0 unspecified atom stereocenters. The van der Waals surface area contributed by atoms with Gasteiger partial charge in [-0.15, -0.1) is 0 Å². The van der Waals surface area contributed by atoms with Gasteiger partial charge in [0, 0.05) is 36.4 Å². The molecule has 0 aliphatic carbocycles. The molecule has 1 N–H and O–H groups in total. The minimum Gasteiger partial charge on any atom is -0.378 e. The van der Waals surface area contributed by atoms with E-state index < -0.39 is 28.3 Å². The fraction of sp³-hybridized carbons (Fsp3) is 0.240. The number of carbonyl (C=O) groups excluding carboxylic acids is 1. The molecule has 0 radical (unpaired) electrons. The van der Waals surface area contributed by atoms with Crippen molar-refractivity contribution in [3.05, 3.63) is 78.1 Å². The van der Waals surface area contributed by atoms with Crippen LogP contribution in [0.25, 0.3) is 11.1 Å². The number of carbonyl (C=O) groups is 1. The number of sulfonamides is 1. The van der Waals surface area contributed by atoms with Gasteiger partial charge in [-0.05, 0) is 42.0 Å². The number of nitrogens with one attached hydrogen (secondary N) is 1. The van der Waals surface area contributed by atoms with Crippen molar-refractivity contribution >= 4 is 27.3 Å². The number of benzene rings is 3. The van der Waals surface area contributed by atoms with E-state index in [1.807, 2.05) is 24.3 Å². The lowest BCUT2D eigenvalue weighted by atomic mass is 10.0. The summed E-state index contributed by atoms with van der Waals surface area (Å²) < 4.78 is 47.0. The topological polar surface area (TPSA) is 79.0 Å². The summed E-state index contributed by atoms with van der Waals surface area (Å²) >= 11 is 0. The number of ether oxygens (including phenoxy) is 1. The maximum Gasteiger partial charge on any atom is 0.265 e. The molecule has 5 rings (SSSR count). The zero-order valence-corrected chi connectivity index (χ0v) is 19.2. The van der Waals surface area contributed by atoms with Crippen LogP contribution in [0, 0.1) is 5.82 Å². The Balaban J connectivity index is 1.31. The van der Waals surface area contributed by atoms with Gasteiger partial charge in [-0.1, -0.05) is 30.3 Å². The van der Waals surface area contributed by atoms with Crippen LogP contribution in [-0.2, 0) is 26.1 Å². The lowest BCUT2D eigenvalue weighted by molar-refractivity contribution is -0.119. The summed E-state index contributed by atoms with van der Waals surface area (Å²) in [7, 11) is -3.97. The first-order valence-corrected chi connectivity index (χ1v) is 12.5. The Morgan fingerprint density at radius 3 is 2.47 bits per heavy atom. The molecule has 1 amide bonds. The molecular weight excluding hydrogens is 457 g/mol. The third kappa shape index (κ3) is 4.24. The third-order valence-corrected chi connectivity index (χ3v) is 7.88. The van der Waals surface area contributed by atoms with Gasteiger partial charge in [-0.3, -0.25) is 9.10 Å². The van der Waals surface area contributed by atoms with Crippen LogP contribution in [0.15, 0.2) is 71.6 Å². The molecule has 9 heteroatoms. The molecular formula is C25H24FN3O4S. The standard InChI is InChI=1S/C25H24FN3O4S/c26-19-7-10-23-22(15-19)21-3-1-2-4-24(21)34(31,32)29(23)17-25(30)27-16-18-5-8-20(9-6-18)28-11-13-33-14-12-28/h1-10,15H,11-14,16-17H2,(H,27,30). The quantitative estimate of drug-likeness (QED) is 0.606. The number of hydrogen-bond acceptors (Lipinski definition) is 5. The van der Waals surface area contributed by atoms with Crippen LogP contribution in [0.4, 0.5) is 15.8 Å². The minimum absolute atomic E-state index is 0.0552. The Kier molecular flexibility index (Phi) is 5.97. The van der Waals surface area contributed by atoms with Gasteiger partial charge < -0.3 is 15.0 Å². The summed E-state index contributed by atoms with van der Waals surface area (Å²) in [4.78, 5) is 15.1. The second-order valence-corrected chi connectivity index (χ2v) is 10.0. The van der Waals surface area contributed by atoms with Crippen LogP contribution in [0.3, 0.4) is 0 Å². The monoisotopic (exact) mass is 481 g/mol. The fourth-order valence-electron chi connectivity index (χ4n) is 4.31. The molecule has 34 heavy (non-hydrogen) atoms. The van der Waals surface area contributed by atoms with Crippen LogP contribution in [0.1, 0.15) is 5.56 Å². The van der Waals surface area contributed by atoms with Gasteiger partial charge in [-0.2, -0.15) is 0 Å². The number of rotatable bonds is 5. The Hall–Kier alpha value is -3.43. The average Bonchev–Trinajstić information content (AvgIpc) is 2.86. The van der Waals surface area contributed by atoms with Gasteiger partial charge in [0.1, 0.15) is 12.4 Å². The fourth-order valence-corrected chi connectivity index (χ4v) is 5.96. The molecule has 3 aromatic rings. The van der Waals surface area contributed by atoms with Crippen molar-refractivity contribution in [3.63, 3.8) is 0 Å². The second-order valence-electron chi connectivity index (χ2n) is 8.21. The highest BCUT2D eigenvalue weighted by Crippen LogP contribution is 2.42. The Labute approximate surface area is 197 Å². The number of hydrogen-bond donors (Lipinski definition) is 1. The highest BCUT2D eigenvalue weighted by Gasteiger charge is 2.36. The van der Waals surface area contributed by atoms with Crippen molar-refractivity contribution in [2.45, 2.75) is 11.4 Å². The van der Waals surface area contributed by atoms with E-state index in [9.17, 15) is 17.6 Å².